The molecule has 0 spiro atoms. The van der Waals surface area contributed by atoms with Gasteiger partial charge in [-0.25, -0.2) is 0 Å². The first kappa shape index (κ1) is 10.4. The number of aliphatic hydroxyl groups excluding tert-OH is 1. The van der Waals surface area contributed by atoms with Gasteiger partial charge in [-0.3, -0.25) is 0 Å². The third-order valence-corrected chi connectivity index (χ3v) is 3.64. The van der Waals surface area contributed by atoms with E-state index in [0.717, 1.165) is 21.4 Å². The number of nitrogens with two attached hydrogens (primary N) is 1. The first-order valence-corrected chi connectivity index (χ1v) is 6.15. The van der Waals surface area contributed by atoms with Gasteiger partial charge in [0.25, 0.3) is 0 Å². The number of nitrogen functional groups attached to an aromatic ring is 1. The Kier molecular flexibility index (Phi) is 2.42. The Bertz CT molecular complexity index is 621. The summed E-state index contributed by atoms with van der Waals surface area (Å²) in [6, 6.07) is 7.93. The summed E-state index contributed by atoms with van der Waals surface area (Å²) >= 11 is 1.66. The quantitative estimate of drug-likeness (QED) is 0.666. The fourth-order valence-electron chi connectivity index (χ4n) is 1.86. The highest BCUT2D eigenvalue weighted by Crippen LogP contribution is 2.34. The minimum absolute atomic E-state index is 0.132. The molecule has 0 aliphatic heterocycles. The number of hydrogen-bond donors (Lipinski definition) is 3. The number of hydrogen-bond acceptors (Lipinski definition) is 5. The van der Waals surface area contributed by atoms with Crippen molar-refractivity contribution in [3.63, 3.8) is 0 Å². The van der Waals surface area contributed by atoms with Gasteiger partial charge in [0, 0.05) is 22.7 Å². The van der Waals surface area contributed by atoms with Gasteiger partial charge in [-0.15, -0.1) is 11.3 Å². The van der Waals surface area contributed by atoms with E-state index < -0.39 is 0 Å². The molecule has 5 heteroatoms. The summed E-state index contributed by atoms with van der Waals surface area (Å²) in [4.78, 5) is 0. The summed E-state index contributed by atoms with van der Waals surface area (Å²) in [5, 5.41) is 15.1. The van der Waals surface area contributed by atoms with Crippen molar-refractivity contribution >= 4 is 43.3 Å². The topological polar surface area (TPSA) is 71.4 Å². The number of fused-ring (bicyclic) bond motifs is 2. The average molecular weight is 248 g/mol. The number of aliphatic hydroxyl groups is 1. The molecule has 0 saturated heterocycles. The van der Waals surface area contributed by atoms with Crippen LogP contribution in [0.25, 0.3) is 21.1 Å². The maximum Gasteiger partial charge on any atom is 0.191 e. The minimum Gasteiger partial charge on any atom is -0.441 e. The molecule has 0 atom stereocenters. The number of rotatable bonds is 3. The average Bonchev–Trinajstić information content (AvgIpc) is 2.83. The Morgan fingerprint density at radius 3 is 2.94 bits per heavy atom. The van der Waals surface area contributed by atoms with Crippen LogP contribution in [-0.4, -0.2) is 18.3 Å². The van der Waals surface area contributed by atoms with Gasteiger partial charge in [0.15, 0.2) is 5.88 Å². The van der Waals surface area contributed by atoms with E-state index >= 15 is 0 Å². The standard InChI is InChI=1S/C12H12N2O2S/c13-11-5-7-4-10-8(3-9(7)16-11)6-12(17-10)14-1-2-15/h3-6,14-15H,1-2,13H2. The van der Waals surface area contributed by atoms with Gasteiger partial charge in [-0.1, -0.05) is 0 Å². The normalized spacial score (nSPS) is 11.4. The Morgan fingerprint density at radius 2 is 2.12 bits per heavy atom. The lowest BCUT2D eigenvalue weighted by atomic mass is 10.2. The molecule has 3 aromatic rings. The van der Waals surface area contributed by atoms with E-state index in [1.165, 1.54) is 4.70 Å². The van der Waals surface area contributed by atoms with Crippen LogP contribution in [0, 0.1) is 0 Å². The van der Waals surface area contributed by atoms with Gasteiger partial charge in [-0.2, -0.15) is 0 Å². The highest BCUT2D eigenvalue weighted by atomic mass is 32.1. The maximum atomic E-state index is 8.77. The zero-order chi connectivity index (χ0) is 11.8. The smallest absolute Gasteiger partial charge is 0.191 e. The van der Waals surface area contributed by atoms with E-state index in [4.69, 9.17) is 15.3 Å². The summed E-state index contributed by atoms with van der Waals surface area (Å²) < 4.78 is 6.57. The Hall–Kier alpha value is -1.72. The second-order valence-electron chi connectivity index (χ2n) is 3.84. The number of benzene rings is 1. The number of anilines is 2. The third kappa shape index (κ3) is 1.83. The van der Waals surface area contributed by atoms with Crippen molar-refractivity contribution in [1.82, 2.24) is 0 Å². The first-order valence-electron chi connectivity index (χ1n) is 5.33. The van der Waals surface area contributed by atoms with Crippen molar-refractivity contribution in [2.24, 2.45) is 0 Å². The SMILES string of the molecule is Nc1cc2cc3sc(NCCO)cc3cc2o1. The lowest BCUT2D eigenvalue weighted by Crippen LogP contribution is -2.03. The van der Waals surface area contributed by atoms with Gasteiger partial charge in [0.1, 0.15) is 5.58 Å². The molecule has 1 aromatic carbocycles. The molecule has 0 aliphatic rings. The van der Waals surface area contributed by atoms with Crippen LogP contribution in [0.3, 0.4) is 0 Å². The van der Waals surface area contributed by atoms with E-state index in [1.54, 1.807) is 11.3 Å². The van der Waals surface area contributed by atoms with Crippen molar-refractivity contribution in [2.75, 3.05) is 24.2 Å². The summed E-state index contributed by atoms with van der Waals surface area (Å²) in [7, 11) is 0. The molecular formula is C12H12N2O2S. The van der Waals surface area contributed by atoms with Gasteiger partial charge >= 0.3 is 0 Å². The molecule has 0 saturated carbocycles. The van der Waals surface area contributed by atoms with Gasteiger partial charge in [-0.05, 0) is 23.6 Å². The molecule has 0 fully saturated rings. The van der Waals surface area contributed by atoms with E-state index in [-0.39, 0.29) is 6.61 Å². The molecule has 0 unspecified atom stereocenters. The molecule has 0 bridgehead atoms. The fourth-order valence-corrected chi connectivity index (χ4v) is 2.88. The van der Waals surface area contributed by atoms with Crippen LogP contribution in [0.2, 0.25) is 0 Å². The largest absolute Gasteiger partial charge is 0.441 e. The predicted octanol–water partition coefficient (Wildman–Crippen LogP) is 2.63. The van der Waals surface area contributed by atoms with Crippen molar-refractivity contribution in [1.29, 1.82) is 0 Å². The number of furan rings is 1. The summed E-state index contributed by atoms with van der Waals surface area (Å²) in [5.41, 5.74) is 6.42. The van der Waals surface area contributed by atoms with Crippen LogP contribution in [0.4, 0.5) is 10.9 Å². The van der Waals surface area contributed by atoms with Crippen LogP contribution in [0.5, 0.6) is 0 Å². The zero-order valence-corrected chi connectivity index (χ0v) is 9.88. The molecular weight excluding hydrogens is 236 g/mol. The van der Waals surface area contributed by atoms with E-state index in [1.807, 2.05) is 18.2 Å². The van der Waals surface area contributed by atoms with Gasteiger partial charge in [0.05, 0.1) is 11.6 Å². The summed E-state index contributed by atoms with van der Waals surface area (Å²) in [5.74, 6) is 0.441. The predicted molar refractivity (Wildman–Crippen MR) is 71.6 cm³/mol. The van der Waals surface area contributed by atoms with Crippen molar-refractivity contribution in [2.45, 2.75) is 0 Å². The summed E-state index contributed by atoms with van der Waals surface area (Å²) in [6.45, 7) is 0.697. The lowest BCUT2D eigenvalue weighted by molar-refractivity contribution is 0.311. The summed E-state index contributed by atoms with van der Waals surface area (Å²) in [6.07, 6.45) is 0. The first-order chi connectivity index (χ1) is 8.26. The third-order valence-electron chi connectivity index (χ3n) is 2.59. The van der Waals surface area contributed by atoms with Crippen LogP contribution in [0.15, 0.2) is 28.7 Å². The second-order valence-corrected chi connectivity index (χ2v) is 4.92. The Morgan fingerprint density at radius 1 is 1.24 bits per heavy atom. The molecule has 2 aromatic heterocycles. The lowest BCUT2D eigenvalue weighted by Gasteiger charge is -1.96. The van der Waals surface area contributed by atoms with E-state index in [0.29, 0.717) is 12.4 Å². The number of thiophene rings is 1. The molecule has 0 amide bonds. The molecule has 0 aliphatic carbocycles. The highest BCUT2D eigenvalue weighted by Gasteiger charge is 2.06. The Balaban J connectivity index is 2.09. The molecule has 3 rings (SSSR count). The van der Waals surface area contributed by atoms with Gasteiger partial charge < -0.3 is 20.6 Å². The highest BCUT2D eigenvalue weighted by molar-refractivity contribution is 7.22. The second kappa shape index (κ2) is 3.94. The molecule has 17 heavy (non-hydrogen) atoms. The van der Waals surface area contributed by atoms with E-state index in [2.05, 4.69) is 11.4 Å². The van der Waals surface area contributed by atoms with E-state index in [9.17, 15) is 0 Å². The van der Waals surface area contributed by atoms with Crippen LogP contribution in [0.1, 0.15) is 0 Å². The molecule has 4 N–H and O–H groups in total. The molecule has 4 nitrogen and oxygen atoms in total. The van der Waals surface area contributed by atoms with Crippen molar-refractivity contribution in [3.8, 4) is 0 Å². The maximum absolute atomic E-state index is 8.77. The monoisotopic (exact) mass is 248 g/mol. The minimum atomic E-state index is 0.132. The van der Waals surface area contributed by atoms with Crippen LogP contribution >= 0.6 is 11.3 Å². The molecule has 2 heterocycles. The van der Waals surface area contributed by atoms with Gasteiger partial charge in [0.2, 0.25) is 0 Å². The molecule has 0 radical (unpaired) electrons. The number of nitrogens with one attached hydrogen (secondary N) is 1. The van der Waals surface area contributed by atoms with Crippen LogP contribution in [-0.2, 0) is 0 Å². The Labute approximate surface area is 102 Å². The zero-order valence-electron chi connectivity index (χ0n) is 9.06. The van der Waals surface area contributed by atoms with Crippen molar-refractivity contribution in [3.05, 3.63) is 24.3 Å². The molecule has 88 valence electrons. The fraction of sp³-hybridized carbons (Fsp3) is 0.167. The van der Waals surface area contributed by atoms with Crippen LogP contribution < -0.4 is 11.1 Å². The van der Waals surface area contributed by atoms with Crippen molar-refractivity contribution < 1.29 is 9.52 Å².